The summed E-state index contributed by atoms with van der Waals surface area (Å²) >= 11 is 0. The summed E-state index contributed by atoms with van der Waals surface area (Å²) in [5.74, 6) is 0.793. The van der Waals surface area contributed by atoms with Gasteiger partial charge in [0.25, 0.3) is 0 Å². The normalized spacial score (nSPS) is 17.0. The summed E-state index contributed by atoms with van der Waals surface area (Å²) < 4.78 is 27.1. The minimum absolute atomic E-state index is 0.0593. The van der Waals surface area contributed by atoms with Crippen LogP contribution in [0.1, 0.15) is 133 Å². The van der Waals surface area contributed by atoms with Gasteiger partial charge in [-0.2, -0.15) is 0 Å². The second-order valence-corrected chi connectivity index (χ2v) is 12.0. The Morgan fingerprint density at radius 1 is 0.732 bits per heavy atom. The van der Waals surface area contributed by atoms with Crippen LogP contribution in [0.2, 0.25) is 0 Å². The van der Waals surface area contributed by atoms with Crippen LogP contribution in [0, 0.1) is 17.7 Å². The Morgan fingerprint density at radius 3 is 1.90 bits per heavy atom. The number of unbranched alkanes of at least 4 members (excludes halogenated alkanes) is 8. The number of benzene rings is 2. The summed E-state index contributed by atoms with van der Waals surface area (Å²) in [6.45, 7) is 5.52. The molecule has 1 aliphatic rings. The van der Waals surface area contributed by atoms with Crippen molar-refractivity contribution in [2.75, 3.05) is 13.2 Å². The van der Waals surface area contributed by atoms with E-state index < -0.39 is 11.8 Å². The van der Waals surface area contributed by atoms with Crippen molar-refractivity contribution in [1.29, 1.82) is 0 Å². The number of rotatable bonds is 20. The monoisotopic (exact) mass is 568 g/mol. The fourth-order valence-electron chi connectivity index (χ4n) is 6.14. The Balaban J connectivity index is 1.44. The molecule has 0 unspecified atom stereocenters. The molecule has 0 radical (unpaired) electrons. The molecule has 5 heteroatoms. The van der Waals surface area contributed by atoms with Crippen molar-refractivity contribution in [2.24, 2.45) is 11.8 Å². The van der Waals surface area contributed by atoms with Crippen molar-refractivity contribution in [3.63, 3.8) is 0 Å². The van der Waals surface area contributed by atoms with Gasteiger partial charge in [0, 0.05) is 5.56 Å². The van der Waals surface area contributed by atoms with Gasteiger partial charge in [0.15, 0.2) is 11.6 Å². The zero-order chi connectivity index (χ0) is 29.3. The highest BCUT2D eigenvalue weighted by atomic mass is 19.1. The number of halogens is 1. The van der Waals surface area contributed by atoms with Gasteiger partial charge in [0.05, 0.1) is 18.8 Å². The first kappa shape index (κ1) is 32.9. The molecule has 2 aromatic rings. The van der Waals surface area contributed by atoms with Gasteiger partial charge in [-0.3, -0.25) is 0 Å². The van der Waals surface area contributed by atoms with Crippen LogP contribution in [0.5, 0.6) is 11.5 Å². The van der Waals surface area contributed by atoms with Crippen LogP contribution >= 0.6 is 0 Å². The third-order valence-corrected chi connectivity index (χ3v) is 8.69. The van der Waals surface area contributed by atoms with Gasteiger partial charge in [-0.15, -0.1) is 0 Å². The highest BCUT2D eigenvalue weighted by Gasteiger charge is 2.22. The smallest absolute Gasteiger partial charge is 0.336 e. The summed E-state index contributed by atoms with van der Waals surface area (Å²) in [4.78, 5) is 11.9. The van der Waals surface area contributed by atoms with E-state index in [-0.39, 0.29) is 16.9 Å². The van der Waals surface area contributed by atoms with Crippen LogP contribution in [0.4, 0.5) is 4.39 Å². The first-order valence-electron chi connectivity index (χ1n) is 16.4. The summed E-state index contributed by atoms with van der Waals surface area (Å²) in [5, 5.41) is 9.69. The maximum atomic E-state index is 15.4. The lowest BCUT2D eigenvalue weighted by molar-refractivity contribution is 0.0697. The Kier molecular flexibility index (Phi) is 15.1. The first-order valence-corrected chi connectivity index (χ1v) is 16.4. The van der Waals surface area contributed by atoms with Crippen LogP contribution in [0.15, 0.2) is 36.4 Å². The van der Waals surface area contributed by atoms with E-state index in [0.717, 1.165) is 43.3 Å². The fourth-order valence-corrected chi connectivity index (χ4v) is 6.14. The van der Waals surface area contributed by atoms with Gasteiger partial charge < -0.3 is 14.6 Å². The molecule has 0 spiro atoms. The van der Waals surface area contributed by atoms with Crippen molar-refractivity contribution in [2.45, 2.75) is 123 Å². The van der Waals surface area contributed by atoms with Gasteiger partial charge in [0.1, 0.15) is 5.75 Å². The van der Waals surface area contributed by atoms with Crippen molar-refractivity contribution in [3.8, 4) is 22.6 Å². The molecular weight excluding hydrogens is 515 g/mol. The van der Waals surface area contributed by atoms with Gasteiger partial charge >= 0.3 is 5.97 Å². The second-order valence-electron chi connectivity index (χ2n) is 12.0. The summed E-state index contributed by atoms with van der Waals surface area (Å²) in [6.07, 6.45) is 21.4. The Bertz CT molecular complexity index is 1010. The van der Waals surface area contributed by atoms with Gasteiger partial charge in [-0.25, -0.2) is 9.18 Å². The molecule has 41 heavy (non-hydrogen) atoms. The first-order chi connectivity index (χ1) is 20.0. The highest BCUT2D eigenvalue weighted by molar-refractivity contribution is 5.96. The molecule has 0 bridgehead atoms. The standard InChI is InChI=1S/C36H53FO4/c1-3-5-7-9-11-14-28-16-18-29(19-17-28)15-13-27-40-31-22-20-30(21-23-31)34-32(36(38)39)24-25-33(35(34)37)41-26-12-10-8-6-4-2/h20-25,28-29H,3-19,26-27H2,1-2H3,(H,38,39). The maximum absolute atomic E-state index is 15.4. The molecule has 0 saturated heterocycles. The Labute approximate surface area is 248 Å². The van der Waals surface area contributed by atoms with Crippen molar-refractivity contribution in [1.82, 2.24) is 0 Å². The molecule has 1 N–H and O–H groups in total. The SMILES string of the molecule is CCCCCCCOc1ccc(C(=O)O)c(-c2ccc(OCCCC3CCC(CCCCCCC)CC3)cc2)c1F. The zero-order valence-corrected chi connectivity index (χ0v) is 25.6. The third-order valence-electron chi connectivity index (χ3n) is 8.69. The van der Waals surface area contributed by atoms with Gasteiger partial charge in [-0.1, -0.05) is 116 Å². The predicted octanol–water partition coefficient (Wildman–Crippen LogP) is 10.9. The van der Waals surface area contributed by atoms with Crippen LogP contribution in [0.3, 0.4) is 0 Å². The van der Waals surface area contributed by atoms with E-state index in [1.165, 1.54) is 95.6 Å². The minimum Gasteiger partial charge on any atom is -0.494 e. The Hall–Kier alpha value is -2.56. The number of carboxylic acids is 1. The fraction of sp³-hybridized carbons (Fsp3) is 0.639. The van der Waals surface area contributed by atoms with E-state index in [9.17, 15) is 9.90 Å². The summed E-state index contributed by atoms with van der Waals surface area (Å²) in [6, 6.07) is 9.92. The highest BCUT2D eigenvalue weighted by Crippen LogP contribution is 2.35. The van der Waals surface area contributed by atoms with E-state index in [1.54, 1.807) is 24.3 Å². The number of hydrogen-bond acceptors (Lipinski definition) is 3. The molecule has 0 aliphatic heterocycles. The van der Waals surface area contributed by atoms with E-state index >= 15 is 4.39 Å². The van der Waals surface area contributed by atoms with E-state index in [4.69, 9.17) is 9.47 Å². The lowest BCUT2D eigenvalue weighted by Gasteiger charge is -2.28. The molecule has 1 fully saturated rings. The van der Waals surface area contributed by atoms with Crippen molar-refractivity contribution in [3.05, 3.63) is 47.8 Å². The molecule has 0 heterocycles. The molecule has 0 atom stereocenters. The third kappa shape index (κ3) is 11.3. The molecule has 4 nitrogen and oxygen atoms in total. The molecule has 0 amide bonds. The summed E-state index contributed by atoms with van der Waals surface area (Å²) in [5.41, 5.74) is 0.490. The number of carboxylic acid groups (broad SMARTS) is 1. The molecule has 2 aromatic carbocycles. The second kappa shape index (κ2) is 18.8. The van der Waals surface area contributed by atoms with Crippen LogP contribution in [-0.2, 0) is 0 Å². The van der Waals surface area contributed by atoms with E-state index in [0.29, 0.717) is 18.8 Å². The van der Waals surface area contributed by atoms with Crippen LogP contribution in [0.25, 0.3) is 11.1 Å². The molecule has 3 rings (SSSR count). The lowest BCUT2D eigenvalue weighted by Crippen LogP contribution is -2.15. The van der Waals surface area contributed by atoms with Crippen LogP contribution < -0.4 is 9.47 Å². The average molecular weight is 569 g/mol. The van der Waals surface area contributed by atoms with Gasteiger partial charge in [0.2, 0.25) is 0 Å². The van der Waals surface area contributed by atoms with Crippen molar-refractivity contribution < 1.29 is 23.8 Å². The molecular formula is C36H53FO4. The topological polar surface area (TPSA) is 55.8 Å². The van der Waals surface area contributed by atoms with Crippen LogP contribution in [-0.4, -0.2) is 24.3 Å². The number of hydrogen-bond donors (Lipinski definition) is 1. The number of aromatic carboxylic acids is 1. The number of carbonyl (C=O) groups is 1. The predicted molar refractivity (Wildman–Crippen MR) is 167 cm³/mol. The largest absolute Gasteiger partial charge is 0.494 e. The molecule has 1 saturated carbocycles. The van der Waals surface area contributed by atoms with Crippen molar-refractivity contribution >= 4 is 5.97 Å². The molecule has 1 aliphatic carbocycles. The average Bonchev–Trinajstić information content (AvgIpc) is 2.98. The van der Waals surface area contributed by atoms with Gasteiger partial charge in [-0.05, 0) is 60.9 Å². The molecule has 228 valence electrons. The quantitative estimate of drug-likeness (QED) is 0.161. The molecule has 0 aromatic heterocycles. The Morgan fingerprint density at radius 2 is 1.29 bits per heavy atom. The lowest BCUT2D eigenvalue weighted by atomic mass is 9.78. The maximum Gasteiger partial charge on any atom is 0.336 e. The summed E-state index contributed by atoms with van der Waals surface area (Å²) in [7, 11) is 0. The minimum atomic E-state index is -1.16. The van der Waals surface area contributed by atoms with E-state index in [1.807, 2.05) is 0 Å². The number of ether oxygens (including phenoxy) is 2. The van der Waals surface area contributed by atoms with E-state index in [2.05, 4.69) is 13.8 Å². The zero-order valence-electron chi connectivity index (χ0n) is 25.6.